The topological polar surface area (TPSA) is 46.0 Å². The predicted molar refractivity (Wildman–Crippen MR) is 86.7 cm³/mol. The van der Waals surface area contributed by atoms with Crippen molar-refractivity contribution < 1.29 is 5.11 Å². The van der Waals surface area contributed by atoms with Gasteiger partial charge < -0.3 is 5.11 Å². The van der Waals surface area contributed by atoms with Gasteiger partial charge in [-0.3, -0.25) is 9.97 Å². The summed E-state index contributed by atoms with van der Waals surface area (Å²) in [6.45, 7) is 0. The Morgan fingerprint density at radius 2 is 1.81 bits per heavy atom. The molecule has 0 spiro atoms. The van der Waals surface area contributed by atoms with Crippen molar-refractivity contribution in [2.24, 2.45) is 0 Å². The van der Waals surface area contributed by atoms with E-state index in [0.717, 1.165) is 21.5 Å². The molecule has 3 rings (SSSR count). The molecule has 1 aromatic heterocycles. The molecule has 5 heteroatoms. The van der Waals surface area contributed by atoms with Crippen molar-refractivity contribution in [2.45, 2.75) is 11.0 Å². The number of thioether (sulfide) groups is 1. The van der Waals surface area contributed by atoms with Crippen LogP contribution in [0.5, 0.6) is 0 Å². The normalized spacial score (nSPS) is 12.5. The largest absolute Gasteiger partial charge is 0.388 e. The summed E-state index contributed by atoms with van der Waals surface area (Å²) in [6, 6.07) is 13.3. The van der Waals surface area contributed by atoms with Gasteiger partial charge in [-0.15, -0.1) is 11.8 Å². The van der Waals surface area contributed by atoms with Gasteiger partial charge in [-0.05, 0) is 29.8 Å². The molecule has 2 aromatic carbocycles. The minimum Gasteiger partial charge on any atom is -0.388 e. The zero-order valence-corrected chi connectivity index (χ0v) is 12.7. The van der Waals surface area contributed by atoms with Crippen LogP contribution >= 0.6 is 23.4 Å². The Labute approximate surface area is 132 Å². The Balaban J connectivity index is 1.75. The lowest BCUT2D eigenvalue weighted by Crippen LogP contribution is -2.01. The lowest BCUT2D eigenvalue weighted by molar-refractivity contribution is 0.204. The van der Waals surface area contributed by atoms with Gasteiger partial charge in [0.25, 0.3) is 0 Å². The van der Waals surface area contributed by atoms with Crippen molar-refractivity contribution in [1.29, 1.82) is 0 Å². The highest BCUT2D eigenvalue weighted by molar-refractivity contribution is 7.99. The van der Waals surface area contributed by atoms with E-state index < -0.39 is 6.10 Å². The molecule has 0 saturated heterocycles. The van der Waals surface area contributed by atoms with Crippen LogP contribution in [0.15, 0.2) is 59.8 Å². The molecular formula is C16H13ClN2OS. The molecule has 1 heterocycles. The van der Waals surface area contributed by atoms with Crippen molar-refractivity contribution in [3.05, 3.63) is 65.4 Å². The van der Waals surface area contributed by atoms with Crippen molar-refractivity contribution in [3.8, 4) is 0 Å². The van der Waals surface area contributed by atoms with E-state index in [0.29, 0.717) is 10.8 Å². The van der Waals surface area contributed by atoms with Crippen LogP contribution in [0.3, 0.4) is 0 Å². The first-order valence-corrected chi connectivity index (χ1v) is 7.86. The van der Waals surface area contributed by atoms with Crippen LogP contribution < -0.4 is 0 Å². The Morgan fingerprint density at radius 3 is 2.62 bits per heavy atom. The van der Waals surface area contributed by atoms with Gasteiger partial charge in [0.1, 0.15) is 0 Å². The molecule has 0 aliphatic heterocycles. The van der Waals surface area contributed by atoms with E-state index in [2.05, 4.69) is 9.97 Å². The Bertz CT molecular complexity index is 766. The molecule has 0 aliphatic carbocycles. The Morgan fingerprint density at radius 1 is 1.05 bits per heavy atom. The van der Waals surface area contributed by atoms with Gasteiger partial charge >= 0.3 is 0 Å². The molecular weight excluding hydrogens is 304 g/mol. The zero-order chi connectivity index (χ0) is 14.7. The van der Waals surface area contributed by atoms with Crippen LogP contribution in [0.2, 0.25) is 5.02 Å². The molecule has 0 saturated carbocycles. The summed E-state index contributed by atoms with van der Waals surface area (Å²) in [5.41, 5.74) is 2.45. The van der Waals surface area contributed by atoms with Crippen LogP contribution in [0.1, 0.15) is 11.7 Å². The van der Waals surface area contributed by atoms with Crippen molar-refractivity contribution in [1.82, 2.24) is 9.97 Å². The van der Waals surface area contributed by atoms with E-state index in [4.69, 9.17) is 11.6 Å². The van der Waals surface area contributed by atoms with Gasteiger partial charge in [-0.1, -0.05) is 29.8 Å². The molecule has 0 bridgehead atoms. The molecule has 1 atom stereocenters. The maximum Gasteiger partial charge on any atom is 0.0890 e. The summed E-state index contributed by atoms with van der Waals surface area (Å²) in [6.07, 6.45) is 2.74. The van der Waals surface area contributed by atoms with Gasteiger partial charge in [0.15, 0.2) is 0 Å². The summed E-state index contributed by atoms with van der Waals surface area (Å²) in [5.74, 6) is 0.537. The van der Waals surface area contributed by atoms with Gasteiger partial charge in [0.2, 0.25) is 0 Å². The van der Waals surface area contributed by atoms with E-state index in [1.807, 2.05) is 42.5 Å². The Kier molecular flexibility index (Phi) is 4.39. The smallest absolute Gasteiger partial charge is 0.0890 e. The summed E-state index contributed by atoms with van der Waals surface area (Å²) < 4.78 is 0. The summed E-state index contributed by atoms with van der Waals surface area (Å²) in [4.78, 5) is 9.45. The monoisotopic (exact) mass is 316 g/mol. The molecule has 0 radical (unpaired) electrons. The van der Waals surface area contributed by atoms with Crippen LogP contribution in [0.4, 0.5) is 0 Å². The molecule has 3 aromatic rings. The summed E-state index contributed by atoms with van der Waals surface area (Å²) in [7, 11) is 0. The fourth-order valence-electron chi connectivity index (χ4n) is 2.01. The number of aliphatic hydroxyl groups is 1. The second-order valence-electron chi connectivity index (χ2n) is 4.56. The highest BCUT2D eigenvalue weighted by Gasteiger charge is 2.10. The minimum atomic E-state index is -0.572. The number of benzene rings is 2. The number of aliphatic hydroxyl groups excluding tert-OH is 1. The fourth-order valence-corrected chi connectivity index (χ4v) is 3.22. The van der Waals surface area contributed by atoms with E-state index in [1.165, 1.54) is 11.8 Å². The second kappa shape index (κ2) is 6.43. The number of hydrogen-bond acceptors (Lipinski definition) is 4. The molecule has 21 heavy (non-hydrogen) atoms. The first-order chi connectivity index (χ1) is 10.2. The van der Waals surface area contributed by atoms with Crippen LogP contribution in [-0.2, 0) is 0 Å². The molecule has 1 unspecified atom stereocenters. The quantitative estimate of drug-likeness (QED) is 0.736. The number of aromatic nitrogens is 2. The average Bonchev–Trinajstić information content (AvgIpc) is 2.53. The lowest BCUT2D eigenvalue weighted by atomic mass is 10.1. The highest BCUT2D eigenvalue weighted by atomic mass is 35.5. The van der Waals surface area contributed by atoms with E-state index in [1.54, 1.807) is 12.4 Å². The average molecular weight is 317 g/mol. The summed E-state index contributed by atoms with van der Waals surface area (Å²) >= 11 is 7.65. The van der Waals surface area contributed by atoms with E-state index in [9.17, 15) is 5.11 Å². The number of rotatable bonds is 4. The first-order valence-electron chi connectivity index (χ1n) is 6.50. The molecule has 0 fully saturated rings. The maximum atomic E-state index is 10.3. The Hall–Kier alpha value is -1.62. The van der Waals surface area contributed by atoms with Crippen LogP contribution in [0, 0.1) is 0 Å². The fraction of sp³-hybridized carbons (Fsp3) is 0.125. The SMILES string of the molecule is OC(CSc1ccccc1Cl)c1ccc2nccnc2c1. The van der Waals surface area contributed by atoms with Gasteiger partial charge in [0.05, 0.1) is 22.2 Å². The minimum absolute atomic E-state index is 0.537. The molecule has 1 N–H and O–H groups in total. The first kappa shape index (κ1) is 14.3. The standard InChI is InChI=1S/C16H13ClN2OS/c17-12-3-1-2-4-16(12)21-10-15(20)11-5-6-13-14(9-11)19-8-7-18-13/h1-9,15,20H,10H2. The van der Waals surface area contributed by atoms with Crippen LogP contribution in [0.25, 0.3) is 11.0 Å². The third kappa shape index (κ3) is 3.35. The molecule has 3 nitrogen and oxygen atoms in total. The third-order valence-electron chi connectivity index (χ3n) is 3.11. The number of fused-ring (bicyclic) bond motifs is 1. The predicted octanol–water partition coefficient (Wildman–Crippen LogP) is 4.11. The number of nitrogens with zero attached hydrogens (tertiary/aromatic N) is 2. The van der Waals surface area contributed by atoms with E-state index >= 15 is 0 Å². The third-order valence-corrected chi connectivity index (χ3v) is 4.70. The number of hydrogen-bond donors (Lipinski definition) is 1. The lowest BCUT2D eigenvalue weighted by Gasteiger charge is -2.11. The second-order valence-corrected chi connectivity index (χ2v) is 6.03. The highest BCUT2D eigenvalue weighted by Crippen LogP contribution is 2.30. The molecule has 0 amide bonds. The molecule has 0 aliphatic rings. The van der Waals surface area contributed by atoms with Crippen molar-refractivity contribution >= 4 is 34.4 Å². The van der Waals surface area contributed by atoms with Crippen LogP contribution in [-0.4, -0.2) is 20.8 Å². The maximum absolute atomic E-state index is 10.3. The molecule has 106 valence electrons. The zero-order valence-electron chi connectivity index (χ0n) is 11.1. The van der Waals surface area contributed by atoms with Crippen molar-refractivity contribution in [3.63, 3.8) is 0 Å². The van der Waals surface area contributed by atoms with Gasteiger partial charge in [-0.25, -0.2) is 0 Å². The number of halogens is 1. The van der Waals surface area contributed by atoms with Gasteiger partial charge in [-0.2, -0.15) is 0 Å². The van der Waals surface area contributed by atoms with Gasteiger partial charge in [0, 0.05) is 23.0 Å². The van der Waals surface area contributed by atoms with E-state index in [-0.39, 0.29) is 0 Å². The summed E-state index contributed by atoms with van der Waals surface area (Å²) in [5, 5.41) is 11.0. The van der Waals surface area contributed by atoms with Crippen molar-refractivity contribution in [2.75, 3.05) is 5.75 Å².